The molecule has 43 heavy (non-hydrogen) atoms. The van der Waals surface area contributed by atoms with Crippen molar-refractivity contribution < 1.29 is 23.8 Å². The monoisotopic (exact) mass is 573 g/mol. The standard InChI is InChI=1S/C37H35NO5/c39-36(18-26-11-8-12-30(17-26)42-21-25-9-2-1-3-10-25)27-19-28-22-41-23-29(20-27)38(28)37(40)43-24-35-33-15-6-4-13-31(33)32-14-5-7-16-34(32)35/h1-17,27-29,35H,18-24H2. The zero-order chi connectivity index (χ0) is 29.2. The second kappa shape index (κ2) is 12.1. The minimum Gasteiger partial charge on any atom is -0.489 e. The summed E-state index contributed by atoms with van der Waals surface area (Å²) in [4.78, 5) is 28.8. The third-order valence-corrected chi connectivity index (χ3v) is 9.05. The molecule has 0 radical (unpaired) electrons. The molecule has 2 bridgehead atoms. The van der Waals surface area contributed by atoms with Crippen LogP contribution in [-0.4, -0.2) is 48.7 Å². The zero-order valence-electron chi connectivity index (χ0n) is 24.1. The van der Waals surface area contributed by atoms with E-state index in [0.29, 0.717) is 39.1 Å². The molecule has 3 aliphatic rings. The molecule has 6 heteroatoms. The van der Waals surface area contributed by atoms with Gasteiger partial charge in [0.2, 0.25) is 0 Å². The van der Waals surface area contributed by atoms with E-state index >= 15 is 0 Å². The molecule has 0 saturated carbocycles. The second-order valence-corrected chi connectivity index (χ2v) is 11.8. The van der Waals surface area contributed by atoms with E-state index in [0.717, 1.165) is 16.9 Å². The lowest BCUT2D eigenvalue weighted by molar-refractivity contribution is -0.130. The van der Waals surface area contributed by atoms with Gasteiger partial charge in [0.15, 0.2) is 0 Å². The van der Waals surface area contributed by atoms with Crippen LogP contribution >= 0.6 is 0 Å². The fraction of sp³-hybridized carbons (Fsp3) is 0.297. The number of hydrogen-bond acceptors (Lipinski definition) is 5. The number of morpholine rings is 1. The van der Waals surface area contributed by atoms with Crippen LogP contribution in [0.15, 0.2) is 103 Å². The van der Waals surface area contributed by atoms with Gasteiger partial charge >= 0.3 is 6.09 Å². The van der Waals surface area contributed by atoms with E-state index in [1.807, 2.05) is 83.8 Å². The first-order valence-electron chi connectivity index (χ1n) is 15.1. The van der Waals surface area contributed by atoms with E-state index in [1.54, 1.807) is 0 Å². The molecule has 2 atom stereocenters. The van der Waals surface area contributed by atoms with E-state index in [2.05, 4.69) is 24.3 Å². The molecule has 2 fully saturated rings. The molecular formula is C37H35NO5. The molecule has 4 aromatic rings. The molecule has 2 aliphatic heterocycles. The number of carbonyl (C=O) groups excluding carboxylic acids is 2. The Bertz CT molecular complexity index is 1560. The summed E-state index contributed by atoms with van der Waals surface area (Å²) in [6.07, 6.45) is 1.21. The van der Waals surface area contributed by atoms with Crippen LogP contribution in [0.5, 0.6) is 5.75 Å². The molecule has 2 heterocycles. The Kier molecular flexibility index (Phi) is 7.69. The van der Waals surface area contributed by atoms with Crippen LogP contribution in [0.3, 0.4) is 0 Å². The summed E-state index contributed by atoms with van der Waals surface area (Å²) in [6, 6.07) is 34.2. The number of carbonyl (C=O) groups is 2. The fourth-order valence-corrected chi connectivity index (χ4v) is 6.98. The minimum atomic E-state index is -0.311. The summed E-state index contributed by atoms with van der Waals surface area (Å²) in [7, 11) is 0. The first-order chi connectivity index (χ1) is 21.1. The molecule has 7 rings (SSSR count). The number of amides is 1. The highest BCUT2D eigenvalue weighted by atomic mass is 16.6. The predicted molar refractivity (Wildman–Crippen MR) is 164 cm³/mol. The number of hydrogen-bond donors (Lipinski definition) is 0. The van der Waals surface area contributed by atoms with E-state index < -0.39 is 0 Å². The van der Waals surface area contributed by atoms with Gasteiger partial charge in [-0.3, -0.25) is 9.69 Å². The first-order valence-corrected chi connectivity index (χ1v) is 15.1. The normalized spacial score (nSPS) is 20.7. The average Bonchev–Trinajstić information content (AvgIpc) is 3.36. The molecule has 0 N–H and O–H groups in total. The van der Waals surface area contributed by atoms with Crippen LogP contribution in [0, 0.1) is 5.92 Å². The van der Waals surface area contributed by atoms with Gasteiger partial charge in [0.1, 0.15) is 24.7 Å². The molecule has 2 unspecified atom stereocenters. The molecule has 0 spiro atoms. The number of nitrogens with zero attached hydrogens (tertiary/aromatic N) is 1. The van der Waals surface area contributed by atoms with Gasteiger partial charge in [0.25, 0.3) is 0 Å². The van der Waals surface area contributed by atoms with Crippen LogP contribution in [-0.2, 0) is 27.3 Å². The number of Topliss-reactive ketones (excluding diaryl/α,β-unsaturated/α-hetero) is 1. The fourth-order valence-electron chi connectivity index (χ4n) is 6.98. The highest BCUT2D eigenvalue weighted by Gasteiger charge is 2.44. The molecule has 4 aromatic carbocycles. The molecule has 0 aromatic heterocycles. The summed E-state index contributed by atoms with van der Waals surface area (Å²) >= 11 is 0. The van der Waals surface area contributed by atoms with Crippen molar-refractivity contribution in [1.29, 1.82) is 0 Å². The molecule has 1 amide bonds. The van der Waals surface area contributed by atoms with Gasteiger partial charge in [-0.05, 0) is 58.4 Å². The lowest BCUT2D eigenvalue weighted by Gasteiger charge is -2.47. The molecule has 6 nitrogen and oxygen atoms in total. The quantitative estimate of drug-likeness (QED) is 0.232. The number of piperidine rings is 1. The minimum absolute atomic E-state index is 0.0130. The largest absolute Gasteiger partial charge is 0.489 e. The van der Waals surface area contributed by atoms with Crippen LogP contribution in [0.2, 0.25) is 0 Å². The van der Waals surface area contributed by atoms with Gasteiger partial charge in [-0.15, -0.1) is 0 Å². The zero-order valence-corrected chi connectivity index (χ0v) is 24.1. The van der Waals surface area contributed by atoms with Gasteiger partial charge in [0, 0.05) is 18.3 Å². The smallest absolute Gasteiger partial charge is 0.410 e. The van der Waals surface area contributed by atoms with Crippen molar-refractivity contribution in [1.82, 2.24) is 4.90 Å². The third kappa shape index (κ3) is 5.67. The van der Waals surface area contributed by atoms with Gasteiger partial charge in [-0.1, -0.05) is 91.0 Å². The summed E-state index contributed by atoms with van der Waals surface area (Å²) in [5.41, 5.74) is 6.84. The van der Waals surface area contributed by atoms with Crippen LogP contribution in [0.25, 0.3) is 11.1 Å². The van der Waals surface area contributed by atoms with Crippen LogP contribution < -0.4 is 4.74 Å². The third-order valence-electron chi connectivity index (χ3n) is 9.05. The molecule has 2 saturated heterocycles. The van der Waals surface area contributed by atoms with Gasteiger partial charge in [0.05, 0.1) is 25.3 Å². The summed E-state index contributed by atoms with van der Waals surface area (Å²) in [6.45, 7) is 1.62. The van der Waals surface area contributed by atoms with E-state index in [1.165, 1.54) is 22.3 Å². The van der Waals surface area contributed by atoms with Crippen molar-refractivity contribution >= 4 is 11.9 Å². The second-order valence-electron chi connectivity index (χ2n) is 11.8. The lowest BCUT2D eigenvalue weighted by atomic mass is 9.81. The number of fused-ring (bicyclic) bond motifs is 5. The maximum atomic E-state index is 13.5. The molecule has 218 valence electrons. The van der Waals surface area contributed by atoms with Gasteiger partial charge in [-0.25, -0.2) is 4.79 Å². The average molecular weight is 574 g/mol. The molecule has 1 aliphatic carbocycles. The van der Waals surface area contributed by atoms with Crippen molar-refractivity contribution in [3.05, 3.63) is 125 Å². The van der Waals surface area contributed by atoms with Crippen molar-refractivity contribution in [3.8, 4) is 16.9 Å². The Morgan fingerprint density at radius 3 is 2.07 bits per heavy atom. The van der Waals surface area contributed by atoms with E-state index in [-0.39, 0.29) is 42.4 Å². The SMILES string of the molecule is O=C(Cc1cccc(OCc2ccccc2)c1)C1CC2COCC(C1)N2C(=O)OCC1c2ccccc2-c2ccccc21. The first kappa shape index (κ1) is 27.4. The van der Waals surface area contributed by atoms with Gasteiger partial charge < -0.3 is 14.2 Å². The van der Waals surface area contributed by atoms with Crippen molar-refractivity contribution in [2.24, 2.45) is 5.92 Å². The summed E-state index contributed by atoms with van der Waals surface area (Å²) in [5.74, 6) is 0.846. The Balaban J connectivity index is 0.975. The predicted octanol–water partition coefficient (Wildman–Crippen LogP) is 6.81. The Morgan fingerprint density at radius 1 is 0.744 bits per heavy atom. The number of ketones is 1. The van der Waals surface area contributed by atoms with Crippen molar-refractivity contribution in [2.45, 2.75) is 43.9 Å². The topological polar surface area (TPSA) is 65.1 Å². The Labute approximate surface area is 252 Å². The number of ether oxygens (including phenoxy) is 3. The van der Waals surface area contributed by atoms with E-state index in [4.69, 9.17) is 14.2 Å². The lowest BCUT2D eigenvalue weighted by Crippen LogP contribution is -2.60. The van der Waals surface area contributed by atoms with E-state index in [9.17, 15) is 9.59 Å². The summed E-state index contributed by atoms with van der Waals surface area (Å²) < 4.78 is 17.8. The van der Waals surface area contributed by atoms with Crippen LogP contribution in [0.1, 0.15) is 41.0 Å². The Morgan fingerprint density at radius 2 is 1.37 bits per heavy atom. The highest BCUT2D eigenvalue weighted by Crippen LogP contribution is 2.44. The highest BCUT2D eigenvalue weighted by molar-refractivity contribution is 5.84. The maximum Gasteiger partial charge on any atom is 0.410 e. The number of benzene rings is 4. The number of rotatable bonds is 8. The maximum absolute atomic E-state index is 13.5. The summed E-state index contributed by atoms with van der Waals surface area (Å²) in [5, 5.41) is 0. The van der Waals surface area contributed by atoms with Gasteiger partial charge in [-0.2, -0.15) is 0 Å². The van der Waals surface area contributed by atoms with Crippen molar-refractivity contribution in [2.75, 3.05) is 19.8 Å². The molecular weight excluding hydrogens is 538 g/mol. The Hall–Kier alpha value is -4.42. The van der Waals surface area contributed by atoms with Crippen molar-refractivity contribution in [3.63, 3.8) is 0 Å². The van der Waals surface area contributed by atoms with Crippen LogP contribution in [0.4, 0.5) is 4.79 Å².